The lowest BCUT2D eigenvalue weighted by atomic mass is 9.98. The number of carbonyl (C=O) groups is 2. The Kier molecular flexibility index (Phi) is 5.81. The van der Waals surface area contributed by atoms with Gasteiger partial charge in [-0.15, -0.1) is 0 Å². The molecule has 0 saturated carbocycles. The second-order valence-electron chi connectivity index (χ2n) is 7.30. The largest absolute Gasteiger partial charge is 0.299 e. The van der Waals surface area contributed by atoms with Crippen molar-refractivity contribution in [2.75, 3.05) is 0 Å². The summed E-state index contributed by atoms with van der Waals surface area (Å²) in [5.41, 5.74) is 5.38. The molecule has 3 aromatic rings. The van der Waals surface area contributed by atoms with Gasteiger partial charge < -0.3 is 0 Å². The number of fused-ring (bicyclic) bond motifs is 1. The highest BCUT2D eigenvalue weighted by atomic mass is 79.9. The van der Waals surface area contributed by atoms with Gasteiger partial charge >= 0.3 is 0 Å². The lowest BCUT2D eigenvalue weighted by Gasteiger charge is -2.07. The molecule has 0 atom stereocenters. The quantitative estimate of drug-likeness (QED) is 0.524. The van der Waals surface area contributed by atoms with E-state index in [4.69, 9.17) is 4.99 Å². The molecule has 1 aliphatic heterocycles. The van der Waals surface area contributed by atoms with E-state index in [1.165, 1.54) is 0 Å². The molecule has 0 spiro atoms. The van der Waals surface area contributed by atoms with Crippen molar-refractivity contribution >= 4 is 38.9 Å². The first kappa shape index (κ1) is 19.5. The minimum atomic E-state index is 0.134. The highest BCUT2D eigenvalue weighted by Gasteiger charge is 2.19. The second-order valence-corrected chi connectivity index (χ2v) is 8.22. The van der Waals surface area contributed by atoms with Crippen LogP contribution in [-0.2, 0) is 28.9 Å². The summed E-state index contributed by atoms with van der Waals surface area (Å²) in [6.07, 6.45) is 1.44. The van der Waals surface area contributed by atoms with Gasteiger partial charge in [-0.25, -0.2) is 0 Å². The zero-order chi connectivity index (χ0) is 20.2. The van der Waals surface area contributed by atoms with Gasteiger partial charge in [-0.2, -0.15) is 0 Å². The van der Waals surface area contributed by atoms with Gasteiger partial charge in [-0.05, 0) is 40.5 Å². The molecular formula is C25H20BrNO2. The molecule has 0 radical (unpaired) electrons. The van der Waals surface area contributed by atoms with Crippen LogP contribution in [0.25, 0.3) is 0 Å². The van der Waals surface area contributed by atoms with Crippen LogP contribution >= 0.6 is 15.9 Å². The van der Waals surface area contributed by atoms with Gasteiger partial charge in [-0.3, -0.25) is 14.6 Å². The Labute approximate surface area is 178 Å². The van der Waals surface area contributed by atoms with Crippen LogP contribution in [0.5, 0.6) is 0 Å². The molecule has 0 saturated heterocycles. The maximum absolute atomic E-state index is 12.5. The number of benzene rings is 3. The minimum Gasteiger partial charge on any atom is -0.299 e. The number of rotatable bonds is 5. The first-order valence-electron chi connectivity index (χ1n) is 9.59. The van der Waals surface area contributed by atoms with Crippen LogP contribution in [0.3, 0.4) is 0 Å². The number of nitrogens with zero attached hydrogens (tertiary/aromatic N) is 1. The smallest absolute Gasteiger partial charge is 0.143 e. The third-order valence-corrected chi connectivity index (χ3v) is 5.45. The van der Waals surface area contributed by atoms with Crippen molar-refractivity contribution in [2.45, 2.75) is 25.7 Å². The molecule has 144 valence electrons. The maximum atomic E-state index is 12.5. The standard InChI is InChI=1S/C25H20BrNO2/c26-21-8-4-7-19(14-21)25-16-23(29)15-20-11-18(9-10-24(20)27-25)13-22(28)12-17-5-2-1-3-6-17/h1-11,14H,12-13,15-16H2. The monoisotopic (exact) mass is 445 g/mol. The van der Waals surface area contributed by atoms with Gasteiger partial charge in [0.1, 0.15) is 11.6 Å². The van der Waals surface area contributed by atoms with Gasteiger partial charge in [0.05, 0.1) is 11.4 Å². The van der Waals surface area contributed by atoms with E-state index in [-0.39, 0.29) is 11.6 Å². The van der Waals surface area contributed by atoms with Crippen molar-refractivity contribution < 1.29 is 9.59 Å². The van der Waals surface area contributed by atoms with Crippen molar-refractivity contribution in [3.63, 3.8) is 0 Å². The number of halogens is 1. The first-order chi connectivity index (χ1) is 14.1. The van der Waals surface area contributed by atoms with Crippen LogP contribution in [-0.4, -0.2) is 17.3 Å². The third-order valence-electron chi connectivity index (χ3n) is 4.95. The highest BCUT2D eigenvalue weighted by molar-refractivity contribution is 9.10. The van der Waals surface area contributed by atoms with E-state index in [0.29, 0.717) is 25.7 Å². The van der Waals surface area contributed by atoms with Crippen LogP contribution in [0.15, 0.2) is 82.3 Å². The summed E-state index contributed by atoms with van der Waals surface area (Å²) in [6, 6.07) is 23.4. The van der Waals surface area contributed by atoms with E-state index < -0.39 is 0 Å². The molecule has 0 bridgehead atoms. The molecule has 0 fully saturated rings. The van der Waals surface area contributed by atoms with Crippen LogP contribution in [0.2, 0.25) is 0 Å². The number of ketones is 2. The number of aliphatic imine (C=N–C) groups is 1. The van der Waals surface area contributed by atoms with Gasteiger partial charge in [-0.1, -0.05) is 70.5 Å². The normalized spacial score (nSPS) is 13.4. The summed E-state index contributed by atoms with van der Waals surface area (Å²) in [5.74, 6) is 0.296. The molecule has 4 heteroatoms. The average molecular weight is 446 g/mol. The molecule has 3 nitrogen and oxygen atoms in total. The zero-order valence-corrected chi connectivity index (χ0v) is 17.5. The average Bonchev–Trinajstić information content (AvgIpc) is 2.86. The molecular weight excluding hydrogens is 426 g/mol. The van der Waals surface area contributed by atoms with Gasteiger partial charge in [0.15, 0.2) is 0 Å². The predicted octanol–water partition coefficient (Wildman–Crippen LogP) is 5.44. The molecule has 0 aromatic heterocycles. The molecule has 0 amide bonds. The Balaban J connectivity index is 1.57. The van der Waals surface area contributed by atoms with Gasteiger partial charge in [0, 0.05) is 30.2 Å². The number of carbonyl (C=O) groups excluding carboxylic acids is 2. The molecule has 1 heterocycles. The summed E-state index contributed by atoms with van der Waals surface area (Å²) in [7, 11) is 0. The predicted molar refractivity (Wildman–Crippen MR) is 119 cm³/mol. The summed E-state index contributed by atoms with van der Waals surface area (Å²) in [6.45, 7) is 0. The molecule has 0 aliphatic carbocycles. The minimum absolute atomic E-state index is 0.134. The zero-order valence-electron chi connectivity index (χ0n) is 15.9. The topological polar surface area (TPSA) is 46.5 Å². The summed E-state index contributed by atoms with van der Waals surface area (Å²) >= 11 is 3.48. The van der Waals surface area contributed by atoms with E-state index in [1.54, 1.807) is 0 Å². The summed E-state index contributed by atoms with van der Waals surface area (Å²) in [4.78, 5) is 29.8. The number of Topliss-reactive ketones (excluding diaryl/α,β-unsaturated/α-hetero) is 2. The van der Waals surface area contributed by atoms with Crippen molar-refractivity contribution in [3.05, 3.63) is 99.5 Å². The molecule has 4 rings (SSSR count). The van der Waals surface area contributed by atoms with Crippen LogP contribution in [0, 0.1) is 0 Å². The second kappa shape index (κ2) is 8.66. The number of hydrogen-bond acceptors (Lipinski definition) is 3. The number of hydrogen-bond donors (Lipinski definition) is 0. The lowest BCUT2D eigenvalue weighted by molar-refractivity contribution is -0.118. The van der Waals surface area contributed by atoms with Crippen molar-refractivity contribution in [2.24, 2.45) is 4.99 Å². The van der Waals surface area contributed by atoms with Crippen molar-refractivity contribution in [3.8, 4) is 0 Å². The Morgan fingerprint density at radius 1 is 0.862 bits per heavy atom. The van der Waals surface area contributed by atoms with Crippen molar-refractivity contribution in [1.29, 1.82) is 0 Å². The van der Waals surface area contributed by atoms with E-state index >= 15 is 0 Å². The van der Waals surface area contributed by atoms with Crippen LogP contribution < -0.4 is 0 Å². The van der Waals surface area contributed by atoms with Gasteiger partial charge in [0.2, 0.25) is 0 Å². The Morgan fingerprint density at radius 2 is 1.66 bits per heavy atom. The first-order valence-corrected chi connectivity index (χ1v) is 10.4. The molecule has 29 heavy (non-hydrogen) atoms. The molecule has 1 aliphatic rings. The maximum Gasteiger partial charge on any atom is 0.143 e. The van der Waals surface area contributed by atoms with E-state index in [2.05, 4.69) is 15.9 Å². The fraction of sp³-hybridized carbons (Fsp3) is 0.160. The fourth-order valence-electron chi connectivity index (χ4n) is 3.59. The Bertz CT molecular complexity index is 1100. The highest BCUT2D eigenvalue weighted by Crippen LogP contribution is 2.28. The fourth-order valence-corrected chi connectivity index (χ4v) is 3.99. The summed E-state index contributed by atoms with van der Waals surface area (Å²) in [5, 5.41) is 0. The third kappa shape index (κ3) is 4.96. The van der Waals surface area contributed by atoms with Crippen LogP contribution in [0.4, 0.5) is 5.69 Å². The van der Waals surface area contributed by atoms with Crippen LogP contribution in [0.1, 0.15) is 28.7 Å². The SMILES string of the molecule is O=C(Cc1ccccc1)Cc1ccc2c(c1)CC(=O)CC(c1cccc(Br)c1)=N2. The van der Waals surface area contributed by atoms with E-state index in [0.717, 1.165) is 38.1 Å². The van der Waals surface area contributed by atoms with Crippen molar-refractivity contribution in [1.82, 2.24) is 0 Å². The Morgan fingerprint density at radius 3 is 2.45 bits per heavy atom. The summed E-state index contributed by atoms with van der Waals surface area (Å²) < 4.78 is 0.960. The molecule has 0 unspecified atom stereocenters. The van der Waals surface area contributed by atoms with E-state index in [9.17, 15) is 9.59 Å². The van der Waals surface area contributed by atoms with Gasteiger partial charge in [0.25, 0.3) is 0 Å². The lowest BCUT2D eigenvalue weighted by Crippen LogP contribution is -2.09. The van der Waals surface area contributed by atoms with E-state index in [1.807, 2.05) is 72.8 Å². The molecule has 0 N–H and O–H groups in total. The Hall–Kier alpha value is -2.85. The molecule has 3 aromatic carbocycles.